The normalized spacial score (nSPS) is 45.4. The van der Waals surface area contributed by atoms with E-state index in [9.17, 15) is 30.3 Å². The Kier molecular flexibility index (Phi) is 12.9. The third kappa shape index (κ3) is 9.15. The number of carboxylic acid groups (broad SMARTS) is 1. The van der Waals surface area contributed by atoms with Crippen molar-refractivity contribution >= 4 is 5.97 Å². The molecule has 13 heteroatoms. The number of aliphatic carboxylic acids is 1. The second-order valence-electron chi connectivity index (χ2n) is 18.9. The molecule has 7 rings (SSSR count). The van der Waals surface area contributed by atoms with Crippen molar-refractivity contribution in [1.29, 1.82) is 0 Å². The number of ether oxygens (including phenoxy) is 7. The van der Waals surface area contributed by atoms with E-state index in [1.54, 1.807) is 6.08 Å². The van der Waals surface area contributed by atoms with Gasteiger partial charge in [-0.05, 0) is 95.1 Å². The maximum absolute atomic E-state index is 11.6. The number of hydrogen-bond donors (Lipinski definition) is 5. The van der Waals surface area contributed by atoms with Crippen LogP contribution in [0.25, 0.3) is 0 Å². The zero-order valence-electron chi connectivity index (χ0n) is 34.6. The Morgan fingerprint density at radius 1 is 1.00 bits per heavy atom. The summed E-state index contributed by atoms with van der Waals surface area (Å²) in [5.41, 5.74) is -0.551. The van der Waals surface area contributed by atoms with Crippen LogP contribution in [-0.4, -0.2) is 122 Å². The molecule has 322 valence electrons. The lowest BCUT2D eigenvalue weighted by atomic mass is 9.79. The first kappa shape index (κ1) is 43.3. The summed E-state index contributed by atoms with van der Waals surface area (Å²) < 4.78 is 45.2. The molecule has 7 aliphatic rings. The SMILES string of the molecule is C=C1[C@@H](O)[C@@H]2O[C@]3(CC[C@H](/C=C/[C@@H](C)[C@@H]4CC(C)=C[C@@]5(OC(C[C@@](C)(O)C(=O)O)CC[C@H]5O)O4)O3)CC[C@H]2O[C@@H]1[C@@H](O)C[C@H](C)C1O[C@@]2(CCCCO2)CC[C@H]1C. The van der Waals surface area contributed by atoms with Gasteiger partial charge in [-0.15, -0.1) is 0 Å². The van der Waals surface area contributed by atoms with Gasteiger partial charge < -0.3 is 58.7 Å². The molecule has 0 aromatic heterocycles. The summed E-state index contributed by atoms with van der Waals surface area (Å²) in [6, 6.07) is 0. The Labute approximate surface area is 337 Å². The first-order chi connectivity index (χ1) is 26.9. The Bertz CT molecular complexity index is 1510. The lowest BCUT2D eigenvalue weighted by Crippen LogP contribution is -2.60. The molecule has 0 amide bonds. The lowest BCUT2D eigenvalue weighted by molar-refractivity contribution is -0.321. The second-order valence-corrected chi connectivity index (χ2v) is 18.9. The first-order valence-corrected chi connectivity index (χ1v) is 21.7. The number of fused-ring (bicyclic) bond motifs is 1. The minimum atomic E-state index is -1.96. The van der Waals surface area contributed by atoms with E-state index >= 15 is 0 Å². The van der Waals surface area contributed by atoms with Gasteiger partial charge in [-0.2, -0.15) is 0 Å². The van der Waals surface area contributed by atoms with Crippen molar-refractivity contribution < 1.29 is 63.5 Å². The largest absolute Gasteiger partial charge is 0.479 e. The standard InChI is InChI=1S/C44H68O13/c1-25-21-34(55-44(23-25)35(46)12-11-31(54-44)24-41(6,50)40(48)49)26(2)9-10-30-14-18-43(53-30)19-15-33-39(57-43)36(47)29(5)38(52-33)32(45)22-28(4)37-27(3)13-17-42(56-37)16-7-8-20-51-42/h9-10,23,26-28,30-39,45-47,50H,5,7-8,11-22,24H2,1-4,6H3,(H,48,49)/b10-9+/t26-,27-,28+,30+,31?,32+,33-,34+,35-,36-,37?,38+,39-,41-,42+,43-,44-/m1/s1. The molecule has 0 aromatic carbocycles. The Balaban J connectivity index is 0.920. The lowest BCUT2D eigenvalue weighted by Gasteiger charge is -2.50. The molecule has 3 spiro atoms. The van der Waals surface area contributed by atoms with Crippen LogP contribution in [0.2, 0.25) is 0 Å². The Morgan fingerprint density at radius 3 is 2.49 bits per heavy atom. The second kappa shape index (κ2) is 17.0. The minimum absolute atomic E-state index is 0.0423. The third-order valence-electron chi connectivity index (χ3n) is 14.0. The van der Waals surface area contributed by atoms with Gasteiger partial charge in [-0.3, -0.25) is 0 Å². The van der Waals surface area contributed by atoms with Gasteiger partial charge in [-0.1, -0.05) is 45.1 Å². The van der Waals surface area contributed by atoms with Gasteiger partial charge in [0.15, 0.2) is 17.2 Å². The van der Waals surface area contributed by atoms with Gasteiger partial charge in [0.25, 0.3) is 0 Å². The fraction of sp³-hybridized carbons (Fsp3) is 0.841. The molecule has 57 heavy (non-hydrogen) atoms. The van der Waals surface area contributed by atoms with Crippen molar-refractivity contribution in [2.75, 3.05) is 6.61 Å². The number of hydrogen-bond acceptors (Lipinski definition) is 12. The van der Waals surface area contributed by atoms with Crippen LogP contribution < -0.4 is 0 Å². The average molecular weight is 805 g/mol. The van der Waals surface area contributed by atoms with Crippen LogP contribution in [0.15, 0.2) is 36.0 Å². The number of carboxylic acids is 1. The number of carbonyl (C=O) groups is 1. The monoisotopic (exact) mass is 804 g/mol. The van der Waals surface area contributed by atoms with Gasteiger partial charge in [0.2, 0.25) is 5.79 Å². The van der Waals surface area contributed by atoms with Crippen molar-refractivity contribution in [3.8, 4) is 0 Å². The maximum atomic E-state index is 11.6. The van der Waals surface area contributed by atoms with Gasteiger partial charge in [0.1, 0.15) is 24.4 Å². The Hall–Kier alpha value is -1.75. The van der Waals surface area contributed by atoms with Gasteiger partial charge >= 0.3 is 5.97 Å². The summed E-state index contributed by atoms with van der Waals surface area (Å²) in [4.78, 5) is 11.6. The van der Waals surface area contributed by atoms with E-state index < -0.39 is 71.7 Å². The van der Waals surface area contributed by atoms with Crippen LogP contribution >= 0.6 is 0 Å². The molecule has 7 heterocycles. The summed E-state index contributed by atoms with van der Waals surface area (Å²) in [5, 5.41) is 54.0. The van der Waals surface area contributed by atoms with Gasteiger partial charge in [-0.25, -0.2) is 4.79 Å². The quantitative estimate of drug-likeness (QED) is 0.182. The van der Waals surface area contributed by atoms with E-state index in [4.69, 9.17) is 33.2 Å². The van der Waals surface area contributed by atoms with Gasteiger partial charge in [0.05, 0.1) is 43.2 Å². The molecule has 0 aliphatic carbocycles. The summed E-state index contributed by atoms with van der Waals surface area (Å²) in [6.07, 6.45) is 9.37. The van der Waals surface area contributed by atoms with Crippen LogP contribution in [-0.2, 0) is 38.0 Å². The smallest absolute Gasteiger partial charge is 0.335 e. The molecular weight excluding hydrogens is 736 g/mol. The Morgan fingerprint density at radius 2 is 1.75 bits per heavy atom. The first-order valence-electron chi connectivity index (χ1n) is 21.7. The van der Waals surface area contributed by atoms with Crippen molar-refractivity contribution in [1.82, 2.24) is 0 Å². The average Bonchev–Trinajstić information content (AvgIpc) is 3.56. The molecule has 0 saturated carbocycles. The molecule has 0 radical (unpaired) electrons. The van der Waals surface area contributed by atoms with E-state index in [2.05, 4.69) is 26.5 Å². The summed E-state index contributed by atoms with van der Waals surface area (Å²) in [5.74, 6) is -3.82. The molecule has 0 bridgehead atoms. The highest BCUT2D eigenvalue weighted by Crippen LogP contribution is 2.47. The van der Waals surface area contributed by atoms with Crippen molar-refractivity contribution in [2.45, 2.75) is 209 Å². The molecular formula is C44H68O13. The van der Waals surface area contributed by atoms with E-state index in [0.29, 0.717) is 56.4 Å². The minimum Gasteiger partial charge on any atom is -0.479 e. The molecule has 7 aliphatic heterocycles. The molecule has 6 fully saturated rings. The van der Waals surface area contributed by atoms with Crippen molar-refractivity contribution in [3.63, 3.8) is 0 Å². The number of aliphatic hydroxyl groups is 4. The fourth-order valence-electron chi connectivity index (χ4n) is 10.5. The highest BCUT2D eigenvalue weighted by atomic mass is 16.7. The number of rotatable bonds is 10. The fourth-order valence-corrected chi connectivity index (χ4v) is 10.5. The number of aliphatic hydroxyl groups excluding tert-OH is 3. The van der Waals surface area contributed by atoms with Crippen molar-refractivity contribution in [2.24, 2.45) is 17.8 Å². The van der Waals surface area contributed by atoms with Crippen LogP contribution in [0.4, 0.5) is 0 Å². The topological polar surface area (TPSA) is 183 Å². The third-order valence-corrected chi connectivity index (χ3v) is 14.0. The van der Waals surface area contributed by atoms with Crippen LogP contribution in [0.3, 0.4) is 0 Å². The molecule has 2 unspecified atom stereocenters. The zero-order valence-corrected chi connectivity index (χ0v) is 34.6. The maximum Gasteiger partial charge on any atom is 0.335 e. The molecule has 13 nitrogen and oxygen atoms in total. The summed E-state index contributed by atoms with van der Waals surface area (Å²) >= 11 is 0. The van der Waals surface area contributed by atoms with Crippen LogP contribution in [0.1, 0.15) is 125 Å². The van der Waals surface area contributed by atoms with Gasteiger partial charge in [0, 0.05) is 38.0 Å². The summed E-state index contributed by atoms with van der Waals surface area (Å²) in [7, 11) is 0. The molecule has 5 N–H and O–H groups in total. The molecule has 0 aromatic rings. The van der Waals surface area contributed by atoms with Crippen LogP contribution in [0, 0.1) is 17.8 Å². The molecule has 6 saturated heterocycles. The summed E-state index contributed by atoms with van der Waals surface area (Å²) in [6.45, 7) is 14.5. The predicted molar refractivity (Wildman–Crippen MR) is 208 cm³/mol. The predicted octanol–water partition coefficient (Wildman–Crippen LogP) is 5.21. The highest BCUT2D eigenvalue weighted by molar-refractivity contribution is 5.76. The highest BCUT2D eigenvalue weighted by Gasteiger charge is 2.55. The molecule has 17 atom stereocenters. The van der Waals surface area contributed by atoms with E-state index in [-0.39, 0.29) is 36.6 Å². The van der Waals surface area contributed by atoms with Crippen LogP contribution in [0.5, 0.6) is 0 Å². The van der Waals surface area contributed by atoms with E-state index in [0.717, 1.165) is 50.7 Å². The van der Waals surface area contributed by atoms with E-state index in [1.165, 1.54) is 6.92 Å². The van der Waals surface area contributed by atoms with Crippen molar-refractivity contribution in [3.05, 3.63) is 36.0 Å². The zero-order chi connectivity index (χ0) is 40.9. The van der Waals surface area contributed by atoms with E-state index in [1.807, 2.05) is 19.9 Å².